The number of thiophene rings is 1. The van der Waals surface area contributed by atoms with Gasteiger partial charge in [0.2, 0.25) is 0 Å². The van der Waals surface area contributed by atoms with Crippen molar-refractivity contribution in [3.63, 3.8) is 0 Å². The molecule has 0 radical (unpaired) electrons. The topological polar surface area (TPSA) is 55.1 Å². The van der Waals surface area contributed by atoms with Gasteiger partial charge in [-0.15, -0.1) is 11.3 Å². The van der Waals surface area contributed by atoms with E-state index in [1.54, 1.807) is 0 Å². The summed E-state index contributed by atoms with van der Waals surface area (Å²) in [5.74, 6) is 6.49. The van der Waals surface area contributed by atoms with Gasteiger partial charge in [-0.05, 0) is 37.3 Å². The van der Waals surface area contributed by atoms with E-state index in [1.807, 2.05) is 13.0 Å². The molecule has 1 heterocycles. The predicted octanol–water partition coefficient (Wildman–Crippen LogP) is 3.07. The van der Waals surface area contributed by atoms with Gasteiger partial charge in [-0.25, -0.2) is 0 Å². The van der Waals surface area contributed by atoms with Gasteiger partial charge in [-0.2, -0.15) is 0 Å². The van der Waals surface area contributed by atoms with Crippen LogP contribution in [0.15, 0.2) is 6.07 Å². The summed E-state index contributed by atoms with van der Waals surface area (Å²) in [5, 5.41) is 3.22. The SMILES string of the molecule is Cc1cc(C(=O)NC2CCCCCC2C)sc1C#CCN. The van der Waals surface area contributed by atoms with E-state index in [4.69, 9.17) is 5.73 Å². The fraction of sp³-hybridized carbons (Fsp3) is 0.588. The Morgan fingerprint density at radius 3 is 2.95 bits per heavy atom. The average molecular weight is 304 g/mol. The fourth-order valence-electron chi connectivity index (χ4n) is 2.80. The Labute approximate surface area is 131 Å². The molecular weight excluding hydrogens is 280 g/mol. The Bertz CT molecular complexity index is 553. The number of nitrogens with two attached hydrogens (primary N) is 1. The zero-order valence-corrected chi connectivity index (χ0v) is 13.7. The molecule has 1 aromatic rings. The second-order valence-corrected chi connectivity index (χ2v) is 6.88. The molecule has 1 fully saturated rings. The molecule has 4 heteroatoms. The van der Waals surface area contributed by atoms with E-state index in [2.05, 4.69) is 24.1 Å². The molecule has 2 atom stereocenters. The van der Waals surface area contributed by atoms with Crippen molar-refractivity contribution in [1.29, 1.82) is 0 Å². The quantitative estimate of drug-likeness (QED) is 0.652. The molecule has 1 aliphatic rings. The van der Waals surface area contributed by atoms with Crippen LogP contribution in [0, 0.1) is 24.7 Å². The second-order valence-electron chi connectivity index (χ2n) is 5.82. The Hall–Kier alpha value is -1.31. The molecule has 0 bridgehead atoms. The maximum atomic E-state index is 12.4. The van der Waals surface area contributed by atoms with Gasteiger partial charge in [0.05, 0.1) is 16.3 Å². The molecule has 2 unspecified atom stereocenters. The van der Waals surface area contributed by atoms with Crippen molar-refractivity contribution < 1.29 is 4.79 Å². The van der Waals surface area contributed by atoms with Crippen molar-refractivity contribution in [3.05, 3.63) is 21.4 Å². The summed E-state index contributed by atoms with van der Waals surface area (Å²) in [5.41, 5.74) is 6.45. The monoisotopic (exact) mass is 304 g/mol. The molecule has 114 valence electrons. The molecule has 2 rings (SSSR count). The smallest absolute Gasteiger partial charge is 0.261 e. The number of carbonyl (C=O) groups is 1. The molecule has 1 aliphatic carbocycles. The number of carbonyl (C=O) groups excluding carboxylic acids is 1. The van der Waals surface area contributed by atoms with Gasteiger partial charge in [0, 0.05) is 6.04 Å². The van der Waals surface area contributed by atoms with Crippen LogP contribution >= 0.6 is 11.3 Å². The summed E-state index contributed by atoms with van der Waals surface area (Å²) >= 11 is 1.46. The zero-order valence-electron chi connectivity index (χ0n) is 12.9. The first kappa shape index (κ1) is 16.1. The molecule has 0 spiro atoms. The summed E-state index contributed by atoms with van der Waals surface area (Å²) in [6.07, 6.45) is 6.09. The lowest BCUT2D eigenvalue weighted by Gasteiger charge is -2.22. The van der Waals surface area contributed by atoms with Crippen molar-refractivity contribution in [1.82, 2.24) is 5.32 Å². The summed E-state index contributed by atoms with van der Waals surface area (Å²) in [6, 6.07) is 2.24. The molecule has 1 amide bonds. The molecule has 21 heavy (non-hydrogen) atoms. The van der Waals surface area contributed by atoms with Gasteiger partial charge in [0.1, 0.15) is 0 Å². The van der Waals surface area contributed by atoms with Crippen LogP contribution in [0.3, 0.4) is 0 Å². The number of aryl methyl sites for hydroxylation is 1. The first-order valence-electron chi connectivity index (χ1n) is 7.72. The van der Waals surface area contributed by atoms with Gasteiger partial charge in [-0.1, -0.05) is 38.0 Å². The largest absolute Gasteiger partial charge is 0.348 e. The third kappa shape index (κ3) is 4.33. The Balaban J connectivity index is 2.06. The lowest BCUT2D eigenvalue weighted by molar-refractivity contribution is 0.0925. The van der Waals surface area contributed by atoms with E-state index in [-0.39, 0.29) is 5.91 Å². The first-order valence-corrected chi connectivity index (χ1v) is 8.53. The van der Waals surface area contributed by atoms with Crippen LogP contribution < -0.4 is 11.1 Å². The third-order valence-electron chi connectivity index (χ3n) is 4.12. The maximum Gasteiger partial charge on any atom is 0.261 e. The summed E-state index contributed by atoms with van der Waals surface area (Å²) in [6.45, 7) is 4.58. The van der Waals surface area contributed by atoms with Crippen LogP contribution in [0.2, 0.25) is 0 Å². The van der Waals surface area contributed by atoms with Crippen molar-refractivity contribution in [2.24, 2.45) is 11.7 Å². The average Bonchev–Trinajstić information content (AvgIpc) is 2.72. The molecule has 0 aliphatic heterocycles. The zero-order chi connectivity index (χ0) is 15.2. The van der Waals surface area contributed by atoms with Crippen LogP contribution in [-0.2, 0) is 0 Å². The van der Waals surface area contributed by atoms with Crippen molar-refractivity contribution in [2.75, 3.05) is 6.54 Å². The number of rotatable bonds is 2. The molecular formula is C17H24N2OS. The number of amides is 1. The van der Waals surface area contributed by atoms with Crippen molar-refractivity contribution in [3.8, 4) is 11.8 Å². The molecule has 3 N–H and O–H groups in total. The van der Waals surface area contributed by atoms with Crippen LogP contribution in [-0.4, -0.2) is 18.5 Å². The standard InChI is InChI=1S/C17H24N2OS/c1-12-7-4-3-5-8-14(12)19-17(20)16-11-13(2)15(21-16)9-6-10-18/h11-12,14H,3-5,7-8,10,18H2,1-2H3,(H,19,20). The molecule has 0 aromatic carbocycles. The van der Waals surface area contributed by atoms with E-state index in [0.717, 1.165) is 21.7 Å². The summed E-state index contributed by atoms with van der Waals surface area (Å²) in [4.78, 5) is 14.1. The third-order valence-corrected chi connectivity index (χ3v) is 5.27. The minimum atomic E-state index is 0.0441. The predicted molar refractivity (Wildman–Crippen MR) is 88.5 cm³/mol. The van der Waals surface area contributed by atoms with E-state index in [9.17, 15) is 4.79 Å². The minimum Gasteiger partial charge on any atom is -0.348 e. The normalized spacial score (nSPS) is 22.0. The lowest BCUT2D eigenvalue weighted by atomic mass is 9.97. The highest BCUT2D eigenvalue weighted by molar-refractivity contribution is 7.14. The van der Waals surface area contributed by atoms with Crippen LogP contribution in [0.5, 0.6) is 0 Å². The molecule has 3 nitrogen and oxygen atoms in total. The van der Waals surface area contributed by atoms with E-state index >= 15 is 0 Å². The van der Waals surface area contributed by atoms with Gasteiger partial charge < -0.3 is 11.1 Å². The molecule has 1 aromatic heterocycles. The summed E-state index contributed by atoms with van der Waals surface area (Å²) < 4.78 is 0. The van der Waals surface area contributed by atoms with Crippen molar-refractivity contribution >= 4 is 17.2 Å². The fourth-order valence-corrected chi connectivity index (χ4v) is 3.75. The van der Waals surface area contributed by atoms with E-state index in [0.29, 0.717) is 18.5 Å². The second kappa shape index (κ2) is 7.63. The molecule has 1 saturated carbocycles. The molecule has 0 saturated heterocycles. The number of hydrogen-bond acceptors (Lipinski definition) is 3. The highest BCUT2D eigenvalue weighted by atomic mass is 32.1. The lowest BCUT2D eigenvalue weighted by Crippen LogP contribution is -2.38. The van der Waals surface area contributed by atoms with Crippen LogP contribution in [0.4, 0.5) is 0 Å². The van der Waals surface area contributed by atoms with Crippen LogP contribution in [0.1, 0.15) is 59.1 Å². The van der Waals surface area contributed by atoms with Gasteiger partial charge in [-0.3, -0.25) is 4.79 Å². The van der Waals surface area contributed by atoms with Gasteiger partial charge in [0.15, 0.2) is 0 Å². The summed E-state index contributed by atoms with van der Waals surface area (Å²) in [7, 11) is 0. The van der Waals surface area contributed by atoms with Crippen molar-refractivity contribution in [2.45, 2.75) is 52.0 Å². The Morgan fingerprint density at radius 1 is 1.43 bits per heavy atom. The van der Waals surface area contributed by atoms with Gasteiger partial charge >= 0.3 is 0 Å². The van der Waals surface area contributed by atoms with E-state index < -0.39 is 0 Å². The maximum absolute atomic E-state index is 12.4. The van der Waals surface area contributed by atoms with Crippen LogP contribution in [0.25, 0.3) is 0 Å². The number of nitrogens with one attached hydrogen (secondary N) is 1. The first-order chi connectivity index (χ1) is 10.1. The highest BCUT2D eigenvalue weighted by Gasteiger charge is 2.23. The highest BCUT2D eigenvalue weighted by Crippen LogP contribution is 2.25. The Kier molecular flexibility index (Phi) is 5.84. The number of hydrogen-bond donors (Lipinski definition) is 2. The van der Waals surface area contributed by atoms with E-state index in [1.165, 1.54) is 37.0 Å². The minimum absolute atomic E-state index is 0.0441. The Morgan fingerprint density at radius 2 is 2.19 bits per heavy atom. The van der Waals surface area contributed by atoms with Gasteiger partial charge in [0.25, 0.3) is 5.91 Å².